The van der Waals surface area contributed by atoms with Gasteiger partial charge in [-0.3, -0.25) is 0 Å². The smallest absolute Gasteiger partial charge is 0.240 e. The predicted octanol–water partition coefficient (Wildman–Crippen LogP) is 1.18. The Morgan fingerprint density at radius 2 is 2.11 bits per heavy atom. The largest absolute Gasteiger partial charge is 0.396 e. The second-order valence-corrected chi connectivity index (χ2v) is 6.58. The molecule has 2 rings (SSSR count). The summed E-state index contributed by atoms with van der Waals surface area (Å²) in [6.07, 6.45) is 1.63. The van der Waals surface area contributed by atoms with E-state index in [4.69, 9.17) is 5.11 Å². The van der Waals surface area contributed by atoms with Crippen LogP contribution in [0, 0.1) is 18.2 Å². The Morgan fingerprint density at radius 3 is 2.67 bits per heavy atom. The van der Waals surface area contributed by atoms with Crippen LogP contribution in [0.5, 0.6) is 0 Å². The lowest BCUT2D eigenvalue weighted by atomic mass is 10.1. The molecular formula is C12H16FNO3S. The minimum absolute atomic E-state index is 0.0301. The molecule has 0 saturated heterocycles. The maximum atomic E-state index is 13.3. The highest BCUT2D eigenvalue weighted by atomic mass is 32.2. The van der Waals surface area contributed by atoms with Gasteiger partial charge < -0.3 is 5.11 Å². The van der Waals surface area contributed by atoms with Crippen LogP contribution in [-0.4, -0.2) is 26.7 Å². The molecule has 1 aromatic carbocycles. The van der Waals surface area contributed by atoms with Gasteiger partial charge in [0.1, 0.15) is 5.82 Å². The Morgan fingerprint density at radius 1 is 1.44 bits per heavy atom. The van der Waals surface area contributed by atoms with Gasteiger partial charge in [-0.05, 0) is 31.9 Å². The second-order valence-electron chi connectivity index (χ2n) is 4.85. The molecule has 2 N–H and O–H groups in total. The van der Waals surface area contributed by atoms with Crippen molar-refractivity contribution < 1.29 is 17.9 Å². The van der Waals surface area contributed by atoms with Crippen molar-refractivity contribution in [1.82, 2.24) is 4.72 Å². The fourth-order valence-electron chi connectivity index (χ4n) is 1.77. The Bertz CT molecular complexity index is 552. The van der Waals surface area contributed by atoms with Crippen molar-refractivity contribution in [2.45, 2.75) is 24.7 Å². The van der Waals surface area contributed by atoms with Crippen molar-refractivity contribution in [3.8, 4) is 0 Å². The molecule has 0 amide bonds. The van der Waals surface area contributed by atoms with Crippen LogP contribution in [-0.2, 0) is 10.0 Å². The lowest BCUT2D eigenvalue weighted by Gasteiger charge is -2.14. The molecule has 0 unspecified atom stereocenters. The van der Waals surface area contributed by atoms with E-state index >= 15 is 0 Å². The molecule has 0 radical (unpaired) electrons. The molecule has 18 heavy (non-hydrogen) atoms. The Balaban J connectivity index is 2.18. The maximum Gasteiger partial charge on any atom is 0.240 e. The fourth-order valence-corrected chi connectivity index (χ4v) is 3.18. The maximum absolute atomic E-state index is 13.3. The molecule has 100 valence electrons. The predicted molar refractivity (Wildman–Crippen MR) is 65.1 cm³/mol. The number of nitrogens with one attached hydrogen (secondary N) is 1. The van der Waals surface area contributed by atoms with E-state index in [1.807, 2.05) is 0 Å². The summed E-state index contributed by atoms with van der Waals surface area (Å²) in [4.78, 5) is -0.0451. The van der Waals surface area contributed by atoms with Crippen LogP contribution in [0.1, 0.15) is 18.4 Å². The molecule has 0 aliphatic heterocycles. The molecule has 4 nitrogen and oxygen atoms in total. The van der Waals surface area contributed by atoms with Gasteiger partial charge >= 0.3 is 0 Å². The molecule has 1 aliphatic rings. The zero-order valence-electron chi connectivity index (χ0n) is 10.1. The third kappa shape index (κ3) is 2.55. The van der Waals surface area contributed by atoms with Crippen LogP contribution >= 0.6 is 0 Å². The van der Waals surface area contributed by atoms with Crippen LogP contribution in [0.2, 0.25) is 0 Å². The minimum Gasteiger partial charge on any atom is -0.396 e. The summed E-state index contributed by atoms with van der Waals surface area (Å²) in [6.45, 7) is 1.60. The first kappa shape index (κ1) is 13.5. The van der Waals surface area contributed by atoms with Crippen molar-refractivity contribution in [2.75, 3.05) is 13.2 Å². The van der Waals surface area contributed by atoms with Crippen LogP contribution in [0.25, 0.3) is 0 Å². The van der Waals surface area contributed by atoms with Crippen molar-refractivity contribution in [1.29, 1.82) is 0 Å². The highest BCUT2D eigenvalue weighted by molar-refractivity contribution is 7.89. The quantitative estimate of drug-likeness (QED) is 0.846. The number of aliphatic hydroxyl groups excluding tert-OH is 1. The number of rotatable bonds is 5. The average Bonchev–Trinajstić information content (AvgIpc) is 3.11. The van der Waals surface area contributed by atoms with E-state index in [1.54, 1.807) is 0 Å². The van der Waals surface area contributed by atoms with Gasteiger partial charge in [0.05, 0.1) is 4.90 Å². The van der Waals surface area contributed by atoms with Gasteiger partial charge in [0, 0.05) is 24.1 Å². The standard InChI is InChI=1S/C12H16FNO3S/c1-9-10(13)3-2-4-11(9)18(16,17)14-7-12(8-15)5-6-12/h2-4,14-15H,5-8H2,1H3. The van der Waals surface area contributed by atoms with Crippen LogP contribution in [0.3, 0.4) is 0 Å². The Labute approximate surface area is 106 Å². The summed E-state index contributed by atoms with van der Waals surface area (Å²) in [5, 5.41) is 9.13. The van der Waals surface area contributed by atoms with Crippen LogP contribution in [0.4, 0.5) is 4.39 Å². The first-order valence-corrected chi connectivity index (χ1v) is 7.24. The van der Waals surface area contributed by atoms with E-state index in [0.29, 0.717) is 0 Å². The molecule has 0 atom stereocenters. The molecule has 0 spiro atoms. The van der Waals surface area contributed by atoms with Crippen molar-refractivity contribution in [3.63, 3.8) is 0 Å². The van der Waals surface area contributed by atoms with E-state index in [1.165, 1.54) is 25.1 Å². The first-order valence-electron chi connectivity index (χ1n) is 5.76. The fraction of sp³-hybridized carbons (Fsp3) is 0.500. The summed E-state index contributed by atoms with van der Waals surface area (Å²) in [7, 11) is -3.72. The average molecular weight is 273 g/mol. The molecule has 6 heteroatoms. The number of hydrogen-bond donors (Lipinski definition) is 2. The molecular weight excluding hydrogens is 257 g/mol. The van der Waals surface area contributed by atoms with Crippen molar-refractivity contribution in [2.24, 2.45) is 5.41 Å². The van der Waals surface area contributed by atoms with E-state index in [0.717, 1.165) is 12.8 Å². The van der Waals surface area contributed by atoms with Crippen LogP contribution in [0.15, 0.2) is 23.1 Å². The Hall–Kier alpha value is -0.980. The monoisotopic (exact) mass is 273 g/mol. The number of hydrogen-bond acceptors (Lipinski definition) is 3. The molecule has 0 aromatic heterocycles. The zero-order chi connectivity index (χ0) is 13.4. The number of sulfonamides is 1. The van der Waals surface area contributed by atoms with Gasteiger partial charge in [-0.1, -0.05) is 6.07 Å². The van der Waals surface area contributed by atoms with E-state index < -0.39 is 15.8 Å². The molecule has 1 aromatic rings. The molecule has 1 fully saturated rings. The summed E-state index contributed by atoms with van der Waals surface area (Å²) in [5.41, 5.74) is -0.201. The zero-order valence-corrected chi connectivity index (χ0v) is 10.9. The van der Waals surface area contributed by atoms with Gasteiger partial charge in [0.2, 0.25) is 10.0 Å². The number of halogens is 1. The lowest BCUT2D eigenvalue weighted by Crippen LogP contribution is -2.32. The summed E-state index contributed by atoms with van der Waals surface area (Å²) < 4.78 is 39.8. The van der Waals surface area contributed by atoms with Gasteiger partial charge in [0.25, 0.3) is 0 Å². The van der Waals surface area contributed by atoms with Gasteiger partial charge in [-0.15, -0.1) is 0 Å². The van der Waals surface area contributed by atoms with E-state index in [-0.39, 0.29) is 29.0 Å². The normalized spacial score (nSPS) is 17.7. The highest BCUT2D eigenvalue weighted by Gasteiger charge is 2.42. The lowest BCUT2D eigenvalue weighted by molar-refractivity contribution is 0.213. The molecule has 0 heterocycles. The molecule has 1 saturated carbocycles. The second kappa shape index (κ2) is 4.60. The SMILES string of the molecule is Cc1c(F)cccc1S(=O)(=O)NCC1(CO)CC1. The minimum atomic E-state index is -3.72. The summed E-state index contributed by atoms with van der Waals surface area (Å²) >= 11 is 0. The third-order valence-electron chi connectivity index (χ3n) is 3.44. The van der Waals surface area contributed by atoms with E-state index in [2.05, 4.69) is 4.72 Å². The number of aliphatic hydroxyl groups is 1. The van der Waals surface area contributed by atoms with Gasteiger partial charge in [-0.25, -0.2) is 17.5 Å². The van der Waals surface area contributed by atoms with Crippen molar-refractivity contribution in [3.05, 3.63) is 29.6 Å². The van der Waals surface area contributed by atoms with E-state index in [9.17, 15) is 12.8 Å². The summed E-state index contributed by atoms with van der Waals surface area (Å²) in [5.74, 6) is -0.541. The third-order valence-corrected chi connectivity index (χ3v) is 4.98. The Kier molecular flexibility index (Phi) is 3.44. The first-order chi connectivity index (χ1) is 8.40. The van der Waals surface area contributed by atoms with Gasteiger partial charge in [-0.2, -0.15) is 0 Å². The summed E-state index contributed by atoms with van der Waals surface area (Å²) in [6, 6.07) is 3.97. The van der Waals surface area contributed by atoms with Crippen LogP contribution < -0.4 is 4.72 Å². The topological polar surface area (TPSA) is 66.4 Å². The number of benzene rings is 1. The highest BCUT2D eigenvalue weighted by Crippen LogP contribution is 2.44. The van der Waals surface area contributed by atoms with Crippen molar-refractivity contribution >= 4 is 10.0 Å². The molecule has 1 aliphatic carbocycles. The van der Waals surface area contributed by atoms with Gasteiger partial charge in [0.15, 0.2) is 0 Å². The molecule has 0 bridgehead atoms.